The minimum atomic E-state index is 0.966. The van der Waals surface area contributed by atoms with Gasteiger partial charge in [-0.1, -0.05) is 30.4 Å². The van der Waals surface area contributed by atoms with Crippen LogP contribution in [-0.4, -0.2) is 6.54 Å². The molecule has 0 amide bonds. The Morgan fingerprint density at radius 3 is 2.64 bits per heavy atom. The maximum atomic E-state index is 3.58. The Labute approximate surface area is 69.5 Å². The summed E-state index contributed by atoms with van der Waals surface area (Å²) in [5.74, 6) is 0. The fraction of sp³-hybridized carbons (Fsp3) is 0.400. The maximum Gasteiger partial charge on any atom is 0.0181 e. The van der Waals surface area contributed by atoms with Gasteiger partial charge in [0.2, 0.25) is 0 Å². The van der Waals surface area contributed by atoms with Crippen molar-refractivity contribution in [3.8, 4) is 0 Å². The summed E-state index contributed by atoms with van der Waals surface area (Å²) in [6, 6.07) is 0. The Hall–Kier alpha value is -0.980. The number of rotatable bonds is 5. The molecule has 0 saturated heterocycles. The van der Waals surface area contributed by atoms with Crippen LogP contribution in [0.3, 0.4) is 0 Å². The third-order valence-electron chi connectivity index (χ3n) is 1.45. The van der Waals surface area contributed by atoms with Crippen molar-refractivity contribution < 1.29 is 0 Å². The van der Waals surface area contributed by atoms with Crippen LogP contribution in [-0.2, 0) is 0 Å². The maximum absolute atomic E-state index is 3.58. The Morgan fingerprint density at radius 1 is 1.45 bits per heavy atom. The van der Waals surface area contributed by atoms with Gasteiger partial charge >= 0.3 is 0 Å². The molecule has 1 N–H and O–H groups in total. The highest BCUT2D eigenvalue weighted by atomic mass is 14.8. The molecule has 0 aliphatic rings. The molecule has 0 atom stereocenters. The predicted molar refractivity (Wildman–Crippen MR) is 51.4 cm³/mol. The zero-order valence-corrected chi connectivity index (χ0v) is 7.43. The average Bonchev–Trinajstić information content (AvgIpc) is 2.03. The van der Waals surface area contributed by atoms with Crippen LogP contribution in [0.15, 0.2) is 36.6 Å². The molecule has 0 bridgehead atoms. The van der Waals surface area contributed by atoms with E-state index < -0.39 is 0 Å². The van der Waals surface area contributed by atoms with Crippen molar-refractivity contribution in [2.75, 3.05) is 6.54 Å². The first-order chi connectivity index (χ1) is 5.35. The number of hydrogen-bond acceptors (Lipinski definition) is 1. The summed E-state index contributed by atoms with van der Waals surface area (Å²) in [6.07, 6.45) is 9.11. The van der Waals surface area contributed by atoms with Crippen molar-refractivity contribution in [2.24, 2.45) is 0 Å². The van der Waals surface area contributed by atoms with Crippen LogP contribution in [0, 0.1) is 0 Å². The molecular formula is C10H17N. The summed E-state index contributed by atoms with van der Waals surface area (Å²) in [4.78, 5) is 0. The molecule has 0 aromatic carbocycles. The van der Waals surface area contributed by atoms with Gasteiger partial charge < -0.3 is 5.32 Å². The molecule has 62 valence electrons. The monoisotopic (exact) mass is 151 g/mol. The van der Waals surface area contributed by atoms with Crippen LogP contribution < -0.4 is 5.32 Å². The summed E-state index contributed by atoms with van der Waals surface area (Å²) in [5, 5.41) is 3.06. The number of nitrogens with one attached hydrogen (secondary N) is 1. The second kappa shape index (κ2) is 7.13. The van der Waals surface area contributed by atoms with Gasteiger partial charge in [0.15, 0.2) is 0 Å². The van der Waals surface area contributed by atoms with Crippen molar-refractivity contribution >= 4 is 0 Å². The van der Waals surface area contributed by atoms with Crippen molar-refractivity contribution in [3.63, 3.8) is 0 Å². The van der Waals surface area contributed by atoms with Gasteiger partial charge in [-0.15, -0.1) is 0 Å². The molecular weight excluding hydrogens is 134 g/mol. The normalized spacial score (nSPS) is 12.0. The molecule has 0 aliphatic heterocycles. The lowest BCUT2D eigenvalue weighted by Crippen LogP contribution is -2.06. The minimum Gasteiger partial charge on any atom is -0.391 e. The summed E-state index contributed by atoms with van der Waals surface area (Å²) in [6.45, 7) is 8.64. The topological polar surface area (TPSA) is 12.0 Å². The van der Waals surface area contributed by atoms with E-state index in [4.69, 9.17) is 0 Å². The zero-order valence-electron chi connectivity index (χ0n) is 7.43. The molecule has 0 saturated carbocycles. The van der Waals surface area contributed by atoms with E-state index in [1.807, 2.05) is 6.92 Å². The fourth-order valence-corrected chi connectivity index (χ4v) is 0.857. The van der Waals surface area contributed by atoms with Gasteiger partial charge in [-0.2, -0.15) is 0 Å². The Kier molecular flexibility index (Phi) is 6.50. The highest BCUT2D eigenvalue weighted by molar-refractivity contribution is 5.17. The molecule has 0 unspecified atom stereocenters. The van der Waals surface area contributed by atoms with Crippen LogP contribution >= 0.6 is 0 Å². The van der Waals surface area contributed by atoms with Gasteiger partial charge in [-0.25, -0.2) is 0 Å². The quantitative estimate of drug-likeness (QED) is 0.470. The highest BCUT2D eigenvalue weighted by Crippen LogP contribution is 2.01. The van der Waals surface area contributed by atoms with Gasteiger partial charge in [0.1, 0.15) is 0 Å². The largest absolute Gasteiger partial charge is 0.391 e. The lowest BCUT2D eigenvalue weighted by atomic mass is 10.1. The SMILES string of the molecule is C=CNCCC(/C=C\C)=C/C. The van der Waals surface area contributed by atoms with Gasteiger partial charge in [-0.3, -0.25) is 0 Å². The number of hydrogen-bond donors (Lipinski definition) is 1. The van der Waals surface area contributed by atoms with Crippen molar-refractivity contribution in [1.82, 2.24) is 5.32 Å². The molecule has 0 radical (unpaired) electrons. The van der Waals surface area contributed by atoms with Crippen molar-refractivity contribution in [1.29, 1.82) is 0 Å². The summed E-state index contributed by atoms with van der Waals surface area (Å²) < 4.78 is 0. The predicted octanol–water partition coefficient (Wildman–Crippen LogP) is 2.63. The third kappa shape index (κ3) is 5.46. The van der Waals surface area contributed by atoms with Crippen LogP contribution in [0.1, 0.15) is 20.3 Å². The van der Waals surface area contributed by atoms with E-state index in [-0.39, 0.29) is 0 Å². The standard InChI is InChI=1S/C10H17N/c1-4-7-10(5-2)8-9-11-6-3/h4-7,11H,3,8-9H2,1-2H3/b7-4-,10-5+. The van der Waals surface area contributed by atoms with E-state index in [1.54, 1.807) is 6.20 Å². The third-order valence-corrected chi connectivity index (χ3v) is 1.45. The second-order valence-electron chi connectivity index (χ2n) is 2.27. The van der Waals surface area contributed by atoms with Crippen LogP contribution in [0.4, 0.5) is 0 Å². The first kappa shape index (κ1) is 10.0. The summed E-state index contributed by atoms with van der Waals surface area (Å²) >= 11 is 0. The highest BCUT2D eigenvalue weighted by Gasteiger charge is 1.87. The number of allylic oxidation sites excluding steroid dienone is 3. The molecule has 1 heteroatoms. The molecule has 11 heavy (non-hydrogen) atoms. The van der Waals surface area contributed by atoms with Crippen molar-refractivity contribution in [3.05, 3.63) is 36.6 Å². The minimum absolute atomic E-state index is 0.966. The van der Waals surface area contributed by atoms with Crippen LogP contribution in [0.2, 0.25) is 0 Å². The van der Waals surface area contributed by atoms with Gasteiger partial charge in [0.25, 0.3) is 0 Å². The second-order valence-corrected chi connectivity index (χ2v) is 2.27. The zero-order chi connectivity index (χ0) is 8.53. The van der Waals surface area contributed by atoms with E-state index in [2.05, 4.69) is 37.0 Å². The fourth-order valence-electron chi connectivity index (χ4n) is 0.857. The molecule has 0 spiro atoms. The van der Waals surface area contributed by atoms with Gasteiger partial charge in [0, 0.05) is 6.54 Å². The lowest BCUT2D eigenvalue weighted by Gasteiger charge is -2.00. The molecule has 0 rings (SSSR count). The smallest absolute Gasteiger partial charge is 0.0181 e. The first-order valence-corrected chi connectivity index (χ1v) is 3.97. The molecule has 0 aromatic heterocycles. The Bertz CT molecular complexity index is 154. The molecule has 1 nitrogen and oxygen atoms in total. The van der Waals surface area contributed by atoms with E-state index in [0.717, 1.165) is 13.0 Å². The average molecular weight is 151 g/mol. The van der Waals surface area contributed by atoms with E-state index in [0.29, 0.717) is 0 Å². The molecule has 0 fully saturated rings. The van der Waals surface area contributed by atoms with E-state index >= 15 is 0 Å². The molecule has 0 aromatic rings. The molecule has 0 heterocycles. The lowest BCUT2D eigenvalue weighted by molar-refractivity contribution is 0.836. The summed E-state index contributed by atoms with van der Waals surface area (Å²) in [7, 11) is 0. The van der Waals surface area contributed by atoms with Crippen molar-refractivity contribution in [2.45, 2.75) is 20.3 Å². The Balaban J connectivity index is 3.62. The van der Waals surface area contributed by atoms with Crippen LogP contribution in [0.5, 0.6) is 0 Å². The van der Waals surface area contributed by atoms with Crippen LogP contribution in [0.25, 0.3) is 0 Å². The summed E-state index contributed by atoms with van der Waals surface area (Å²) in [5.41, 5.74) is 1.36. The molecule has 0 aliphatic carbocycles. The Morgan fingerprint density at radius 2 is 2.18 bits per heavy atom. The van der Waals surface area contributed by atoms with Gasteiger partial charge in [-0.05, 0) is 26.5 Å². The van der Waals surface area contributed by atoms with Gasteiger partial charge in [0.05, 0.1) is 0 Å². The first-order valence-electron chi connectivity index (χ1n) is 3.97. The van der Waals surface area contributed by atoms with E-state index in [9.17, 15) is 0 Å². The van der Waals surface area contributed by atoms with E-state index in [1.165, 1.54) is 5.57 Å².